The van der Waals surface area contributed by atoms with Crippen LogP contribution in [0.2, 0.25) is 0 Å². The summed E-state index contributed by atoms with van der Waals surface area (Å²) in [5.41, 5.74) is 0.0289. The first-order valence-electron chi connectivity index (χ1n) is 10.0. The fourth-order valence-electron chi connectivity index (χ4n) is 3.13. The maximum Gasteiger partial charge on any atom is 0.346 e. The Kier molecular flexibility index (Phi) is 7.54. The number of hydrogen-bond acceptors (Lipinski definition) is 8. The van der Waals surface area contributed by atoms with Gasteiger partial charge in [-0.05, 0) is 37.6 Å². The summed E-state index contributed by atoms with van der Waals surface area (Å²) < 4.78 is 12.1. The molecule has 11 heteroatoms. The molecule has 1 heterocycles. The normalized spacial score (nSPS) is 12.1. The van der Waals surface area contributed by atoms with Crippen LogP contribution in [0.15, 0.2) is 50.8 Å². The lowest BCUT2D eigenvalue weighted by Crippen LogP contribution is -2.26. The second-order valence-corrected chi connectivity index (χ2v) is 7.95. The van der Waals surface area contributed by atoms with Crippen LogP contribution in [0.25, 0.3) is 10.9 Å². The number of benzene rings is 2. The third-order valence-corrected chi connectivity index (χ3v) is 5.20. The minimum absolute atomic E-state index is 0.161. The highest BCUT2D eigenvalue weighted by atomic mass is 79.9. The van der Waals surface area contributed by atoms with Crippen molar-refractivity contribution in [2.45, 2.75) is 32.8 Å². The van der Waals surface area contributed by atoms with E-state index in [1.165, 1.54) is 43.1 Å². The van der Waals surface area contributed by atoms with Crippen molar-refractivity contribution in [3.63, 3.8) is 0 Å². The van der Waals surface area contributed by atoms with Crippen LogP contribution in [-0.4, -0.2) is 40.0 Å². The van der Waals surface area contributed by atoms with E-state index >= 15 is 0 Å². The molecular weight excluding hydrogens is 496 g/mol. The summed E-state index contributed by atoms with van der Waals surface area (Å²) in [5, 5.41) is 16.2. The molecule has 0 saturated heterocycles. The van der Waals surface area contributed by atoms with Gasteiger partial charge in [-0.2, -0.15) is 9.78 Å². The van der Waals surface area contributed by atoms with Crippen molar-refractivity contribution in [1.82, 2.24) is 9.66 Å². The number of methoxy groups -OCH3 is 1. The molecule has 0 fully saturated rings. The predicted octanol–water partition coefficient (Wildman–Crippen LogP) is 3.84. The number of fused-ring (bicyclic) bond motifs is 1. The molecule has 0 unspecified atom stereocenters. The molecule has 0 saturated carbocycles. The number of aromatic nitrogens is 2. The van der Waals surface area contributed by atoms with Crippen molar-refractivity contribution in [3.05, 3.63) is 72.7 Å². The molecule has 0 amide bonds. The first-order valence-corrected chi connectivity index (χ1v) is 10.8. The van der Waals surface area contributed by atoms with Crippen LogP contribution in [-0.2, 0) is 16.0 Å². The van der Waals surface area contributed by atoms with E-state index in [2.05, 4.69) is 30.8 Å². The Morgan fingerprint density at radius 2 is 2.12 bits per heavy atom. The summed E-state index contributed by atoms with van der Waals surface area (Å²) >= 11 is 3.36. The number of hydrogen-bond donors (Lipinski definition) is 0. The number of nitro benzene ring substituents is 1. The number of nitro groups is 1. The summed E-state index contributed by atoms with van der Waals surface area (Å²) in [6.07, 6.45) is 1.40. The molecule has 1 aromatic heterocycles. The molecule has 10 nitrogen and oxygen atoms in total. The van der Waals surface area contributed by atoms with Crippen molar-refractivity contribution in [2.24, 2.45) is 5.10 Å². The SMILES string of the molecule is CCCc1nc2ccc(Br)cc2c(=O)n1N=Cc1cccc([N+](=O)[O-])c1O[C@H](C)C(=O)OC. The van der Waals surface area contributed by atoms with E-state index in [1.807, 2.05) is 6.92 Å². The van der Waals surface area contributed by atoms with E-state index in [0.29, 0.717) is 23.1 Å². The minimum atomic E-state index is -1.10. The van der Waals surface area contributed by atoms with Gasteiger partial charge in [0.25, 0.3) is 5.56 Å². The summed E-state index contributed by atoms with van der Waals surface area (Å²) in [5.74, 6) is -0.406. The van der Waals surface area contributed by atoms with E-state index in [0.717, 1.165) is 10.9 Å². The largest absolute Gasteiger partial charge is 0.471 e. The zero-order chi connectivity index (χ0) is 24.1. The molecule has 1 atom stereocenters. The van der Waals surface area contributed by atoms with E-state index < -0.39 is 17.0 Å². The third-order valence-electron chi connectivity index (χ3n) is 4.71. The zero-order valence-corrected chi connectivity index (χ0v) is 19.7. The summed E-state index contributed by atoms with van der Waals surface area (Å²) in [4.78, 5) is 40.4. The van der Waals surface area contributed by atoms with E-state index in [9.17, 15) is 19.7 Å². The summed E-state index contributed by atoms with van der Waals surface area (Å²) in [7, 11) is 1.19. The highest BCUT2D eigenvalue weighted by Gasteiger charge is 2.24. The van der Waals surface area contributed by atoms with Gasteiger partial charge >= 0.3 is 11.7 Å². The number of halogens is 1. The van der Waals surface area contributed by atoms with Gasteiger partial charge < -0.3 is 9.47 Å². The Morgan fingerprint density at radius 3 is 2.79 bits per heavy atom. The molecular formula is C22H21BrN4O6. The number of carbonyl (C=O) groups excluding carboxylic acids is 1. The Morgan fingerprint density at radius 1 is 1.36 bits per heavy atom. The van der Waals surface area contributed by atoms with Gasteiger partial charge in [0.1, 0.15) is 5.82 Å². The molecule has 2 aromatic carbocycles. The van der Waals surface area contributed by atoms with Crippen LogP contribution in [0, 0.1) is 10.1 Å². The lowest BCUT2D eigenvalue weighted by Gasteiger charge is -2.14. The lowest BCUT2D eigenvalue weighted by molar-refractivity contribution is -0.386. The molecule has 0 aliphatic heterocycles. The Hall–Kier alpha value is -3.60. The van der Waals surface area contributed by atoms with Crippen molar-refractivity contribution in [3.8, 4) is 5.75 Å². The molecule has 0 radical (unpaired) electrons. The zero-order valence-electron chi connectivity index (χ0n) is 18.1. The third kappa shape index (κ3) is 5.25. The Labute approximate surface area is 197 Å². The molecule has 0 aliphatic carbocycles. The highest BCUT2D eigenvalue weighted by Crippen LogP contribution is 2.31. The quantitative estimate of drug-likeness (QED) is 0.192. The first-order chi connectivity index (χ1) is 15.8. The number of ether oxygens (including phenoxy) is 2. The average molecular weight is 517 g/mol. The maximum absolute atomic E-state index is 13.2. The summed E-state index contributed by atoms with van der Waals surface area (Å²) in [6, 6.07) is 9.45. The molecule has 3 rings (SSSR count). The van der Waals surface area contributed by atoms with Gasteiger partial charge in [0.15, 0.2) is 6.10 Å². The maximum atomic E-state index is 13.2. The number of nitrogens with zero attached hydrogens (tertiary/aromatic N) is 4. The highest BCUT2D eigenvalue weighted by molar-refractivity contribution is 9.10. The topological polar surface area (TPSA) is 126 Å². The van der Waals surface area contributed by atoms with Crippen molar-refractivity contribution >= 4 is 44.7 Å². The fourth-order valence-corrected chi connectivity index (χ4v) is 3.49. The number of aryl methyl sites for hydroxylation is 1. The van der Waals surface area contributed by atoms with E-state index in [1.54, 1.807) is 18.2 Å². The molecule has 172 valence electrons. The molecule has 0 bridgehead atoms. The summed E-state index contributed by atoms with van der Waals surface area (Å²) in [6.45, 7) is 3.37. The molecule has 0 N–H and O–H groups in total. The van der Waals surface area contributed by atoms with Gasteiger partial charge in [-0.3, -0.25) is 14.9 Å². The van der Waals surface area contributed by atoms with Crippen LogP contribution in [0.5, 0.6) is 5.75 Å². The van der Waals surface area contributed by atoms with Crippen LogP contribution in [0.1, 0.15) is 31.7 Å². The molecule has 33 heavy (non-hydrogen) atoms. The standard InChI is InChI=1S/C22H21BrN4O6/c1-4-6-19-25-17-10-9-15(23)11-16(17)21(28)26(19)24-12-14-7-5-8-18(27(30)31)20(14)33-13(2)22(29)32-3/h5,7-13H,4,6H2,1-3H3/t13-/m1/s1. The van der Waals surface area contributed by atoms with Crippen molar-refractivity contribution < 1.29 is 19.2 Å². The number of para-hydroxylation sites is 1. The first kappa shape index (κ1) is 24.1. The second-order valence-electron chi connectivity index (χ2n) is 7.04. The number of carbonyl (C=O) groups is 1. The smallest absolute Gasteiger partial charge is 0.346 e. The van der Waals surface area contributed by atoms with Crippen molar-refractivity contribution in [2.75, 3.05) is 7.11 Å². The van der Waals surface area contributed by atoms with Crippen LogP contribution >= 0.6 is 15.9 Å². The monoisotopic (exact) mass is 516 g/mol. The molecule has 0 aliphatic rings. The van der Waals surface area contributed by atoms with Crippen molar-refractivity contribution in [1.29, 1.82) is 0 Å². The van der Waals surface area contributed by atoms with Crippen LogP contribution < -0.4 is 10.3 Å². The average Bonchev–Trinajstić information content (AvgIpc) is 2.79. The van der Waals surface area contributed by atoms with Gasteiger partial charge in [0, 0.05) is 22.5 Å². The van der Waals surface area contributed by atoms with E-state index in [-0.39, 0.29) is 22.6 Å². The molecule has 3 aromatic rings. The van der Waals surface area contributed by atoms with Gasteiger partial charge in [-0.25, -0.2) is 9.78 Å². The van der Waals surface area contributed by atoms with Gasteiger partial charge in [0.2, 0.25) is 5.75 Å². The number of rotatable bonds is 8. The van der Waals surface area contributed by atoms with Gasteiger partial charge in [-0.1, -0.05) is 28.9 Å². The Balaban J connectivity index is 2.15. The lowest BCUT2D eigenvalue weighted by atomic mass is 10.2. The minimum Gasteiger partial charge on any atom is -0.471 e. The van der Waals surface area contributed by atoms with Gasteiger partial charge in [-0.15, -0.1) is 0 Å². The second kappa shape index (κ2) is 10.3. The molecule has 0 spiro atoms. The van der Waals surface area contributed by atoms with Gasteiger partial charge in [0.05, 0.1) is 29.2 Å². The van der Waals surface area contributed by atoms with E-state index in [4.69, 9.17) is 4.74 Å². The number of esters is 1. The Bertz CT molecular complexity index is 1300. The predicted molar refractivity (Wildman–Crippen MR) is 126 cm³/mol. The fraction of sp³-hybridized carbons (Fsp3) is 0.273. The van der Waals surface area contributed by atoms with Crippen LogP contribution in [0.3, 0.4) is 0 Å². The van der Waals surface area contributed by atoms with Crippen LogP contribution in [0.4, 0.5) is 5.69 Å².